The number of aromatic nitrogens is 2. The summed E-state index contributed by atoms with van der Waals surface area (Å²) in [6.45, 7) is 6.00. The Bertz CT molecular complexity index is 1240. The summed E-state index contributed by atoms with van der Waals surface area (Å²) in [6, 6.07) is 17.8. The third-order valence-electron chi connectivity index (χ3n) is 4.85. The Labute approximate surface area is 175 Å². The molecule has 0 radical (unpaired) electrons. The second kappa shape index (κ2) is 8.37. The molecule has 6 heteroatoms. The Morgan fingerprint density at radius 1 is 0.967 bits per heavy atom. The van der Waals surface area contributed by atoms with Crippen LogP contribution in [0.4, 0.5) is 5.95 Å². The zero-order valence-corrected chi connectivity index (χ0v) is 17.6. The Balaban J connectivity index is 1.85. The van der Waals surface area contributed by atoms with Gasteiger partial charge in [-0.3, -0.25) is 0 Å². The van der Waals surface area contributed by atoms with E-state index < -0.39 is 0 Å². The molecule has 2 heterocycles. The fourth-order valence-corrected chi connectivity index (χ4v) is 3.31. The topological polar surface area (TPSA) is 72.5 Å². The maximum Gasteiger partial charge on any atom is 0.243 e. The maximum atomic E-state index is 6.19. The number of hydrogen-bond donors (Lipinski definition) is 1. The van der Waals surface area contributed by atoms with Crippen molar-refractivity contribution < 1.29 is 9.15 Å². The van der Waals surface area contributed by atoms with E-state index >= 15 is 0 Å². The minimum absolute atomic E-state index is 0.471. The Hall–Kier alpha value is -3.67. The van der Waals surface area contributed by atoms with Gasteiger partial charge in [-0.2, -0.15) is 5.10 Å². The Morgan fingerprint density at radius 2 is 1.70 bits per heavy atom. The molecular formula is C24H24N4O2. The predicted octanol–water partition coefficient (Wildman–Crippen LogP) is 5.01. The highest BCUT2D eigenvalue weighted by atomic mass is 16.5. The van der Waals surface area contributed by atoms with Crippen molar-refractivity contribution in [3.63, 3.8) is 0 Å². The van der Waals surface area contributed by atoms with Gasteiger partial charge in [0.25, 0.3) is 0 Å². The summed E-state index contributed by atoms with van der Waals surface area (Å²) in [5.74, 6) is 1.99. The second-order valence-electron chi connectivity index (χ2n) is 7.11. The zero-order valence-electron chi connectivity index (χ0n) is 17.6. The van der Waals surface area contributed by atoms with Gasteiger partial charge in [-0.25, -0.2) is 15.4 Å². The smallest absolute Gasteiger partial charge is 0.243 e. The lowest BCUT2D eigenvalue weighted by Crippen LogP contribution is -2.09. The number of rotatable bonds is 5. The predicted molar refractivity (Wildman–Crippen MR) is 118 cm³/mol. The lowest BCUT2D eigenvalue weighted by atomic mass is 10.1. The maximum absolute atomic E-state index is 6.19. The van der Waals surface area contributed by atoms with Crippen LogP contribution >= 0.6 is 0 Å². The molecule has 0 bridgehead atoms. The van der Waals surface area contributed by atoms with Crippen LogP contribution in [0, 0.1) is 13.8 Å². The molecule has 0 atom stereocenters. The van der Waals surface area contributed by atoms with E-state index in [1.54, 1.807) is 7.11 Å². The molecule has 0 spiro atoms. The minimum atomic E-state index is 0.471. The van der Waals surface area contributed by atoms with E-state index in [9.17, 15) is 0 Å². The van der Waals surface area contributed by atoms with Crippen molar-refractivity contribution in [3.8, 4) is 17.1 Å². The largest absolute Gasteiger partial charge is 0.497 e. The molecule has 0 aliphatic rings. The summed E-state index contributed by atoms with van der Waals surface area (Å²) in [7, 11) is 1.65. The fourth-order valence-electron chi connectivity index (χ4n) is 3.31. The summed E-state index contributed by atoms with van der Waals surface area (Å²) < 4.78 is 11.5. The number of methoxy groups -OCH3 is 1. The minimum Gasteiger partial charge on any atom is -0.497 e. The van der Waals surface area contributed by atoms with Crippen LogP contribution in [0.1, 0.15) is 23.9 Å². The second-order valence-corrected chi connectivity index (χ2v) is 7.11. The number of anilines is 1. The fraction of sp³-hybridized carbons (Fsp3) is 0.208. The number of aryl methyl sites for hydroxylation is 3. The molecule has 2 aromatic heterocycles. The average Bonchev–Trinajstić information content (AvgIpc) is 2.76. The standard InChI is InChI=1S/C24H24N4O2/c1-5-17-6-11-22-20(13-17)21(27-28-24-25-15(2)12-16(3)26-24)14-23(30-22)18-7-9-19(29-4)10-8-18/h6-14H,5H2,1-4H3,(H,25,26,28)/b27-21+. The van der Waals surface area contributed by atoms with Gasteiger partial charge in [0.05, 0.1) is 12.5 Å². The van der Waals surface area contributed by atoms with E-state index in [2.05, 4.69) is 39.6 Å². The van der Waals surface area contributed by atoms with Gasteiger partial charge in [-0.15, -0.1) is 0 Å². The first-order valence-electron chi connectivity index (χ1n) is 9.89. The van der Waals surface area contributed by atoms with Crippen LogP contribution in [0.5, 0.6) is 5.75 Å². The molecule has 6 nitrogen and oxygen atoms in total. The van der Waals surface area contributed by atoms with E-state index in [-0.39, 0.29) is 0 Å². The number of hydrogen-bond acceptors (Lipinski definition) is 6. The van der Waals surface area contributed by atoms with Gasteiger partial charge >= 0.3 is 0 Å². The normalized spacial score (nSPS) is 11.7. The van der Waals surface area contributed by atoms with Crippen molar-refractivity contribution in [2.45, 2.75) is 27.2 Å². The van der Waals surface area contributed by atoms with Crippen molar-refractivity contribution in [1.82, 2.24) is 9.97 Å². The number of fused-ring (bicyclic) bond motifs is 1. The molecule has 0 saturated heterocycles. The van der Waals surface area contributed by atoms with Crippen LogP contribution in [-0.4, -0.2) is 17.1 Å². The number of nitrogens with one attached hydrogen (secondary N) is 1. The molecule has 0 unspecified atom stereocenters. The van der Waals surface area contributed by atoms with Crippen LogP contribution in [0.15, 0.2) is 64.1 Å². The molecule has 2 aromatic carbocycles. The van der Waals surface area contributed by atoms with Crippen LogP contribution < -0.4 is 15.5 Å². The first-order valence-corrected chi connectivity index (χ1v) is 9.89. The van der Waals surface area contributed by atoms with Gasteiger partial charge in [0.1, 0.15) is 17.1 Å². The van der Waals surface area contributed by atoms with Gasteiger partial charge in [0.15, 0.2) is 0 Å². The zero-order chi connectivity index (χ0) is 21.1. The van der Waals surface area contributed by atoms with Crippen molar-refractivity contribution in [2.75, 3.05) is 12.5 Å². The molecule has 0 fully saturated rings. The van der Waals surface area contributed by atoms with Gasteiger partial charge in [-0.1, -0.05) is 13.0 Å². The van der Waals surface area contributed by atoms with E-state index in [0.29, 0.717) is 5.95 Å². The van der Waals surface area contributed by atoms with Crippen molar-refractivity contribution in [2.24, 2.45) is 5.10 Å². The lowest BCUT2D eigenvalue weighted by Gasteiger charge is -2.08. The summed E-state index contributed by atoms with van der Waals surface area (Å²) in [5.41, 5.74) is 7.71. The first kappa shape index (κ1) is 19.6. The highest BCUT2D eigenvalue weighted by Crippen LogP contribution is 2.25. The van der Waals surface area contributed by atoms with Crippen molar-refractivity contribution in [1.29, 1.82) is 0 Å². The number of ether oxygens (including phenoxy) is 1. The van der Waals surface area contributed by atoms with E-state index in [4.69, 9.17) is 9.15 Å². The van der Waals surface area contributed by atoms with Crippen LogP contribution in [-0.2, 0) is 6.42 Å². The van der Waals surface area contributed by atoms with E-state index in [0.717, 1.165) is 51.2 Å². The molecule has 152 valence electrons. The quantitative estimate of drug-likeness (QED) is 0.477. The highest BCUT2D eigenvalue weighted by molar-refractivity contribution is 5.79. The lowest BCUT2D eigenvalue weighted by molar-refractivity contribution is 0.415. The summed E-state index contributed by atoms with van der Waals surface area (Å²) in [6.07, 6.45) is 0.934. The summed E-state index contributed by atoms with van der Waals surface area (Å²) in [4.78, 5) is 8.82. The molecule has 30 heavy (non-hydrogen) atoms. The third-order valence-corrected chi connectivity index (χ3v) is 4.85. The summed E-state index contributed by atoms with van der Waals surface area (Å²) in [5, 5.41) is 6.32. The Kier molecular flexibility index (Phi) is 5.48. The number of benzene rings is 2. The molecule has 4 rings (SSSR count). The highest BCUT2D eigenvalue weighted by Gasteiger charge is 2.08. The average molecular weight is 400 g/mol. The molecule has 0 amide bonds. The summed E-state index contributed by atoms with van der Waals surface area (Å²) >= 11 is 0. The van der Waals surface area contributed by atoms with Gasteiger partial charge in [0, 0.05) is 28.4 Å². The molecular weight excluding hydrogens is 376 g/mol. The molecule has 1 N–H and O–H groups in total. The van der Waals surface area contributed by atoms with Crippen LogP contribution in [0.25, 0.3) is 22.3 Å². The van der Waals surface area contributed by atoms with Gasteiger partial charge < -0.3 is 9.15 Å². The first-order chi connectivity index (χ1) is 14.6. The van der Waals surface area contributed by atoms with Crippen molar-refractivity contribution >= 4 is 16.9 Å². The van der Waals surface area contributed by atoms with Crippen LogP contribution in [0.2, 0.25) is 0 Å². The molecule has 0 saturated carbocycles. The molecule has 0 aliphatic heterocycles. The molecule has 4 aromatic rings. The number of nitrogens with zero attached hydrogens (tertiary/aromatic N) is 3. The van der Waals surface area contributed by atoms with Crippen LogP contribution in [0.3, 0.4) is 0 Å². The van der Waals surface area contributed by atoms with E-state index in [1.165, 1.54) is 5.56 Å². The SMILES string of the molecule is CCc1ccc2oc(-c3ccc(OC)cc3)c/c(=N\Nc3nc(C)cc(C)n3)c2c1. The van der Waals surface area contributed by atoms with Gasteiger partial charge in [0.2, 0.25) is 5.95 Å². The van der Waals surface area contributed by atoms with Gasteiger partial charge in [-0.05, 0) is 68.3 Å². The van der Waals surface area contributed by atoms with Crippen molar-refractivity contribution in [3.05, 3.63) is 76.9 Å². The third kappa shape index (κ3) is 4.17. The monoisotopic (exact) mass is 400 g/mol. The van der Waals surface area contributed by atoms with E-state index in [1.807, 2.05) is 56.3 Å². The Morgan fingerprint density at radius 3 is 2.37 bits per heavy atom. The molecule has 0 aliphatic carbocycles.